The van der Waals surface area contributed by atoms with Crippen molar-refractivity contribution in [3.05, 3.63) is 125 Å². The molecule has 282 valence electrons. The number of amides is 2. The molecule has 1 unspecified atom stereocenters. The fourth-order valence-electron chi connectivity index (χ4n) is 8.79. The smallest absolute Gasteiger partial charge is 0.264 e. The van der Waals surface area contributed by atoms with Crippen LogP contribution in [0.1, 0.15) is 69.3 Å². The van der Waals surface area contributed by atoms with E-state index in [0.29, 0.717) is 34.9 Å². The zero-order valence-corrected chi connectivity index (χ0v) is 31.0. The van der Waals surface area contributed by atoms with Crippen molar-refractivity contribution in [3.63, 3.8) is 0 Å². The summed E-state index contributed by atoms with van der Waals surface area (Å²) < 4.78 is 19.6. The number of phenols is 1. The van der Waals surface area contributed by atoms with Gasteiger partial charge in [0.25, 0.3) is 11.8 Å². The van der Waals surface area contributed by atoms with Gasteiger partial charge in [-0.2, -0.15) is 0 Å². The van der Waals surface area contributed by atoms with E-state index in [0.717, 1.165) is 101 Å². The molecule has 5 aromatic rings. The molecule has 55 heavy (non-hydrogen) atoms. The summed E-state index contributed by atoms with van der Waals surface area (Å²) in [5, 5.41) is 10.1. The van der Waals surface area contributed by atoms with Gasteiger partial charge < -0.3 is 28.8 Å². The van der Waals surface area contributed by atoms with Gasteiger partial charge >= 0.3 is 0 Å². The highest BCUT2D eigenvalue weighted by atomic mass is 16.7. The average molecular weight is 739 g/mol. The van der Waals surface area contributed by atoms with Crippen LogP contribution in [0.3, 0.4) is 0 Å². The van der Waals surface area contributed by atoms with Crippen LogP contribution < -0.4 is 14.4 Å². The molecule has 2 amide bonds. The molecular weight excluding hydrogens is 693 g/mol. The van der Waals surface area contributed by atoms with Crippen LogP contribution in [0.25, 0.3) is 11.3 Å². The number of phenolic OH excluding ortho intramolecular Hbond substituents is 1. The molecule has 0 saturated carbocycles. The molecule has 0 spiro atoms. The number of benzene rings is 4. The van der Waals surface area contributed by atoms with E-state index in [4.69, 9.17) is 14.2 Å². The highest BCUT2D eigenvalue weighted by Gasteiger charge is 2.35. The molecule has 9 rings (SSSR count). The van der Waals surface area contributed by atoms with Gasteiger partial charge in [-0.15, -0.1) is 0 Å². The molecule has 1 saturated heterocycles. The molecule has 4 aliphatic heterocycles. The summed E-state index contributed by atoms with van der Waals surface area (Å²) in [6.45, 7) is 5.80. The van der Waals surface area contributed by atoms with Crippen molar-refractivity contribution in [2.45, 2.75) is 51.1 Å². The quantitative estimate of drug-likeness (QED) is 0.165. The average Bonchev–Trinajstić information content (AvgIpc) is 3.86. The molecule has 1 N–H and O–H groups in total. The number of carbonyl (C=O) groups is 2. The molecule has 10 heteroatoms. The molecule has 5 heterocycles. The number of morpholine rings is 1. The van der Waals surface area contributed by atoms with Crippen LogP contribution >= 0.6 is 0 Å². The lowest BCUT2D eigenvalue weighted by Crippen LogP contribution is -2.41. The Morgan fingerprint density at radius 1 is 0.764 bits per heavy atom. The van der Waals surface area contributed by atoms with Gasteiger partial charge in [0.15, 0.2) is 11.5 Å². The number of hydrogen-bond donors (Lipinski definition) is 1. The van der Waals surface area contributed by atoms with Crippen molar-refractivity contribution >= 4 is 23.2 Å². The number of nitrogens with zero attached hydrogens (tertiary/aromatic N) is 4. The first kappa shape index (κ1) is 35.1. The first-order valence-electron chi connectivity index (χ1n) is 19.6. The normalized spacial score (nSPS) is 17.7. The van der Waals surface area contributed by atoms with E-state index >= 15 is 4.79 Å². The Hall–Kier alpha value is -5.58. The van der Waals surface area contributed by atoms with Crippen LogP contribution in [0.2, 0.25) is 0 Å². The predicted molar refractivity (Wildman–Crippen MR) is 210 cm³/mol. The Morgan fingerprint density at radius 2 is 1.51 bits per heavy atom. The van der Waals surface area contributed by atoms with Crippen LogP contribution in [0, 0.1) is 0 Å². The lowest BCUT2D eigenvalue weighted by molar-refractivity contribution is 0.0355. The molecule has 0 radical (unpaired) electrons. The number of hydrogen-bond acceptors (Lipinski definition) is 7. The minimum atomic E-state index is -0.171. The summed E-state index contributed by atoms with van der Waals surface area (Å²) >= 11 is 0. The van der Waals surface area contributed by atoms with E-state index in [1.54, 1.807) is 29.2 Å². The Bertz CT molecular complexity index is 2190. The van der Waals surface area contributed by atoms with Crippen molar-refractivity contribution in [3.8, 4) is 28.5 Å². The Labute approximate surface area is 321 Å². The van der Waals surface area contributed by atoms with E-state index in [-0.39, 0.29) is 30.4 Å². The minimum absolute atomic E-state index is 0.0478. The first-order valence-corrected chi connectivity index (χ1v) is 19.6. The van der Waals surface area contributed by atoms with Crippen molar-refractivity contribution < 1.29 is 28.9 Å². The Kier molecular flexibility index (Phi) is 9.76. The predicted octanol–water partition coefficient (Wildman–Crippen LogP) is 7.76. The highest BCUT2D eigenvalue weighted by Crippen LogP contribution is 2.44. The molecular formula is C45H46N4O6. The maximum atomic E-state index is 15.2. The Morgan fingerprint density at radius 3 is 2.33 bits per heavy atom. The summed E-state index contributed by atoms with van der Waals surface area (Å²) in [6.07, 6.45) is 5.26. The van der Waals surface area contributed by atoms with Crippen LogP contribution in [0.15, 0.2) is 97.1 Å². The van der Waals surface area contributed by atoms with Gasteiger partial charge in [0.2, 0.25) is 6.79 Å². The van der Waals surface area contributed by atoms with Gasteiger partial charge in [0, 0.05) is 54.5 Å². The third-order valence-electron chi connectivity index (χ3n) is 11.6. The van der Waals surface area contributed by atoms with Gasteiger partial charge in [-0.1, -0.05) is 42.5 Å². The van der Waals surface area contributed by atoms with E-state index in [1.807, 2.05) is 48.5 Å². The summed E-state index contributed by atoms with van der Waals surface area (Å²) in [7, 11) is 0. The SMILES string of the molecule is O=C(c1cc(-c2cc3c(cc2C(=O)N2CCc4ccccc4C2CCCN2CCOCC2)OCO3)n2c1CCCC2)N(c1ccccc1)c1ccc(O)cc1. The highest BCUT2D eigenvalue weighted by molar-refractivity contribution is 6.12. The Balaban J connectivity index is 1.11. The summed E-state index contributed by atoms with van der Waals surface area (Å²) in [4.78, 5) is 36.3. The van der Waals surface area contributed by atoms with Crippen LogP contribution in [-0.4, -0.2) is 77.5 Å². The number of carbonyl (C=O) groups excluding carboxylic acids is 2. The van der Waals surface area contributed by atoms with Crippen molar-refractivity contribution in [1.29, 1.82) is 0 Å². The minimum Gasteiger partial charge on any atom is -0.508 e. The molecule has 1 aromatic heterocycles. The zero-order valence-electron chi connectivity index (χ0n) is 31.0. The molecule has 4 aliphatic rings. The van der Waals surface area contributed by atoms with Crippen LogP contribution in [-0.2, 0) is 24.1 Å². The third-order valence-corrected chi connectivity index (χ3v) is 11.6. The molecule has 0 bridgehead atoms. The lowest BCUT2D eigenvalue weighted by atomic mass is 9.88. The third kappa shape index (κ3) is 6.85. The zero-order chi connectivity index (χ0) is 37.3. The van der Waals surface area contributed by atoms with Gasteiger partial charge in [0.1, 0.15) is 5.75 Å². The maximum absolute atomic E-state index is 15.2. The standard InChI is InChI=1S/C45H46N4O6/c50-34-17-15-33(16-18-34)49(32-10-2-1-3-11-32)45(52)38-27-41(47-21-7-6-13-40(38)47)36-28-42-43(55-30-54-42)29-37(36)44(51)48-22-19-31-9-4-5-12-35(31)39(48)14-8-20-46-23-25-53-26-24-46/h1-5,9-12,15-18,27-29,39,50H,6-8,13-14,19-26,30H2. The van der Waals surface area contributed by atoms with E-state index < -0.39 is 0 Å². The first-order chi connectivity index (χ1) is 27.0. The van der Waals surface area contributed by atoms with Crippen molar-refractivity contribution in [2.75, 3.05) is 51.1 Å². The number of fused-ring (bicyclic) bond motifs is 3. The lowest BCUT2D eigenvalue weighted by Gasteiger charge is -2.38. The second-order valence-electron chi connectivity index (χ2n) is 14.8. The summed E-state index contributed by atoms with van der Waals surface area (Å²) in [5.41, 5.74) is 7.53. The van der Waals surface area contributed by atoms with E-state index in [2.05, 4.69) is 38.6 Å². The van der Waals surface area contributed by atoms with Crippen LogP contribution in [0.4, 0.5) is 11.4 Å². The van der Waals surface area contributed by atoms with Crippen molar-refractivity contribution in [2.24, 2.45) is 0 Å². The monoisotopic (exact) mass is 738 g/mol. The second-order valence-corrected chi connectivity index (χ2v) is 14.8. The fraction of sp³-hybridized carbons (Fsp3) is 0.333. The maximum Gasteiger partial charge on any atom is 0.264 e. The molecule has 0 aliphatic carbocycles. The van der Waals surface area contributed by atoms with Crippen LogP contribution in [0.5, 0.6) is 17.2 Å². The van der Waals surface area contributed by atoms with Gasteiger partial charge in [0.05, 0.1) is 30.4 Å². The van der Waals surface area contributed by atoms with Gasteiger partial charge in [-0.05, 0) is 111 Å². The number of aromatic nitrogens is 1. The second kappa shape index (κ2) is 15.3. The summed E-state index contributed by atoms with van der Waals surface area (Å²) in [5.74, 6) is 1.05. The summed E-state index contributed by atoms with van der Waals surface area (Å²) in [6, 6.07) is 30.5. The number of anilines is 2. The molecule has 1 fully saturated rings. The van der Waals surface area contributed by atoms with Crippen molar-refractivity contribution in [1.82, 2.24) is 14.4 Å². The number of para-hydroxylation sites is 1. The fourth-order valence-corrected chi connectivity index (χ4v) is 8.79. The topological polar surface area (TPSA) is 96.7 Å². The number of ether oxygens (including phenoxy) is 3. The van der Waals surface area contributed by atoms with E-state index in [1.165, 1.54) is 11.1 Å². The molecule has 4 aromatic carbocycles. The van der Waals surface area contributed by atoms with Gasteiger partial charge in [-0.25, -0.2) is 0 Å². The molecule has 1 atom stereocenters. The number of rotatable bonds is 9. The molecule has 10 nitrogen and oxygen atoms in total. The largest absolute Gasteiger partial charge is 0.508 e. The van der Waals surface area contributed by atoms with Gasteiger partial charge in [-0.3, -0.25) is 19.4 Å². The van der Waals surface area contributed by atoms with E-state index in [9.17, 15) is 9.90 Å². The number of aromatic hydroxyl groups is 1.